The Bertz CT molecular complexity index is 1920. The van der Waals surface area contributed by atoms with Gasteiger partial charge in [0.15, 0.2) is 10.9 Å². The molecule has 4 aliphatic rings. The van der Waals surface area contributed by atoms with E-state index in [0.717, 1.165) is 51.9 Å². The second kappa shape index (κ2) is 14.1. The summed E-state index contributed by atoms with van der Waals surface area (Å²) in [5.74, 6) is -4.05. The van der Waals surface area contributed by atoms with E-state index in [9.17, 15) is 38.2 Å². The zero-order valence-electron chi connectivity index (χ0n) is 26.6. The van der Waals surface area contributed by atoms with Crippen LogP contribution in [0.4, 0.5) is 20.2 Å². The SMILES string of the molecule is O=C([O-])c1cn(C2CC2)c2cc(N3CCNCC3)c(F)cc2c1=O.O=C([O-])c1cn(C2CC2)c2cc(N3CCNCC3)c(F)cc2c1=O.[Pb+2]. The van der Waals surface area contributed by atoms with Gasteiger partial charge in [-0.2, -0.15) is 0 Å². The molecule has 2 saturated heterocycles. The fraction of sp³-hybridized carbons (Fsp3) is 0.412. The maximum atomic E-state index is 14.6. The Labute approximate surface area is 299 Å². The van der Waals surface area contributed by atoms with E-state index >= 15 is 0 Å². The molecule has 0 unspecified atom stereocenters. The van der Waals surface area contributed by atoms with E-state index in [1.165, 1.54) is 24.5 Å². The first-order chi connectivity index (χ1) is 23.1. The fourth-order valence-electron chi connectivity index (χ4n) is 6.61. The summed E-state index contributed by atoms with van der Waals surface area (Å²) in [6.45, 7) is 5.85. The number of nitrogens with zero attached hydrogens (tertiary/aromatic N) is 4. The van der Waals surface area contributed by atoms with Crippen LogP contribution in [0.5, 0.6) is 0 Å². The normalized spacial score (nSPS) is 17.8. The van der Waals surface area contributed by atoms with Crippen molar-refractivity contribution in [3.63, 3.8) is 0 Å². The molecule has 4 fully saturated rings. The first kappa shape index (κ1) is 34.9. The predicted molar refractivity (Wildman–Crippen MR) is 177 cm³/mol. The third-order valence-corrected chi connectivity index (χ3v) is 9.44. The monoisotopic (exact) mass is 868 g/mol. The molecule has 2 saturated carbocycles. The van der Waals surface area contributed by atoms with Crippen LogP contribution in [0.3, 0.4) is 0 Å². The number of aromatic nitrogens is 2. The van der Waals surface area contributed by atoms with E-state index in [0.29, 0.717) is 48.6 Å². The van der Waals surface area contributed by atoms with Gasteiger partial charge in [-0.05, 0) is 49.9 Å². The summed E-state index contributed by atoms with van der Waals surface area (Å²) < 4.78 is 32.8. The number of fused-ring (bicyclic) bond motifs is 2. The van der Waals surface area contributed by atoms with Gasteiger partial charge >= 0.3 is 27.3 Å². The van der Waals surface area contributed by atoms with E-state index in [1.54, 1.807) is 21.3 Å². The summed E-state index contributed by atoms with van der Waals surface area (Å²) in [6, 6.07) is 6.00. The minimum Gasteiger partial charge on any atom is -0.545 e. The third-order valence-electron chi connectivity index (χ3n) is 9.44. The molecule has 8 rings (SSSR count). The van der Waals surface area contributed by atoms with Crippen molar-refractivity contribution in [3.05, 3.63) is 79.9 Å². The summed E-state index contributed by atoms with van der Waals surface area (Å²) in [6.07, 6.45) is 6.37. The second-order valence-corrected chi connectivity index (χ2v) is 12.7. The van der Waals surface area contributed by atoms with E-state index < -0.39 is 45.6 Å². The van der Waals surface area contributed by atoms with Crippen LogP contribution >= 0.6 is 0 Å². The van der Waals surface area contributed by atoms with Gasteiger partial charge < -0.3 is 49.4 Å². The number of aromatic carboxylic acids is 2. The summed E-state index contributed by atoms with van der Waals surface area (Å²) in [4.78, 5) is 51.1. The van der Waals surface area contributed by atoms with Crippen molar-refractivity contribution in [2.75, 3.05) is 62.2 Å². The molecule has 2 aromatic heterocycles. The molecule has 49 heavy (non-hydrogen) atoms. The molecule has 0 atom stereocenters. The number of nitrogens with one attached hydrogen (secondary N) is 2. The average molecular weight is 868 g/mol. The molecular weight excluding hydrogens is 834 g/mol. The standard InChI is InChI=1S/2C17H18FN3O3.Pb/c2*18-13-7-11-14(8-15(13)20-5-3-19-4-6-20)21(10-1-2-10)9-12(16(11)22)17(23)24;/h2*7-10,19H,1-6H2,(H,23,24);/q;;+2/p-2. The molecule has 0 spiro atoms. The zero-order chi connectivity index (χ0) is 33.7. The van der Waals surface area contributed by atoms with Crippen molar-refractivity contribution < 1.29 is 28.6 Å². The van der Waals surface area contributed by atoms with Crippen molar-refractivity contribution >= 4 is 72.4 Å². The molecule has 2 aliphatic carbocycles. The minimum atomic E-state index is -1.53. The number of carbonyl (C=O) groups excluding carboxylic acids is 2. The van der Waals surface area contributed by atoms with Crippen molar-refractivity contribution in [1.82, 2.24) is 19.8 Å². The van der Waals surface area contributed by atoms with Crippen molar-refractivity contribution in [2.45, 2.75) is 37.8 Å². The van der Waals surface area contributed by atoms with Gasteiger partial charge in [0.05, 0.1) is 45.5 Å². The molecule has 2 radical (unpaired) electrons. The number of halogens is 2. The van der Waals surface area contributed by atoms with Crippen LogP contribution in [0.25, 0.3) is 21.8 Å². The summed E-state index contributed by atoms with van der Waals surface area (Å²) >= 11 is 0. The van der Waals surface area contributed by atoms with Crippen molar-refractivity contribution in [1.29, 1.82) is 0 Å². The van der Waals surface area contributed by atoms with Crippen LogP contribution in [0.15, 0.2) is 46.2 Å². The number of piperazine rings is 2. The third kappa shape index (κ3) is 6.94. The van der Waals surface area contributed by atoms with Crippen LogP contribution in [-0.2, 0) is 0 Å². The quantitative estimate of drug-likeness (QED) is 0.256. The first-order valence-corrected chi connectivity index (χ1v) is 16.2. The van der Waals surface area contributed by atoms with Crippen LogP contribution < -0.4 is 41.5 Å². The number of benzene rings is 2. The number of hydrogen-bond acceptors (Lipinski definition) is 10. The molecule has 2 aromatic carbocycles. The number of anilines is 2. The smallest absolute Gasteiger partial charge is 0.545 e. The van der Waals surface area contributed by atoms with Gasteiger partial charge in [0, 0.05) is 87.6 Å². The Hall–Kier alpha value is -3.90. The summed E-state index contributed by atoms with van der Waals surface area (Å²) in [7, 11) is 0. The molecule has 0 bridgehead atoms. The van der Waals surface area contributed by atoms with E-state index in [-0.39, 0.29) is 50.2 Å². The zero-order valence-corrected chi connectivity index (χ0v) is 30.5. The number of carbonyl (C=O) groups is 2. The Balaban J connectivity index is 0.000000167. The maximum absolute atomic E-state index is 14.6. The van der Waals surface area contributed by atoms with Crippen LogP contribution in [0.1, 0.15) is 58.5 Å². The number of pyridine rings is 2. The molecule has 0 amide bonds. The fourth-order valence-corrected chi connectivity index (χ4v) is 6.61. The average Bonchev–Trinajstić information content (AvgIpc) is 4.01. The molecule has 254 valence electrons. The second-order valence-electron chi connectivity index (χ2n) is 12.7. The number of rotatable bonds is 6. The van der Waals surface area contributed by atoms with E-state index in [4.69, 9.17) is 0 Å². The largest absolute Gasteiger partial charge is 2.00 e. The van der Waals surface area contributed by atoms with Gasteiger partial charge in [-0.3, -0.25) is 9.59 Å². The Morgan fingerprint density at radius 2 is 0.980 bits per heavy atom. The van der Waals surface area contributed by atoms with Gasteiger partial charge in [-0.15, -0.1) is 0 Å². The molecule has 15 heteroatoms. The van der Waals surface area contributed by atoms with E-state index in [2.05, 4.69) is 10.6 Å². The van der Waals surface area contributed by atoms with Crippen LogP contribution in [0, 0.1) is 11.6 Å². The topological polar surface area (TPSA) is 155 Å². The van der Waals surface area contributed by atoms with Crippen molar-refractivity contribution in [3.8, 4) is 0 Å². The molecule has 4 aromatic rings. The molecule has 2 aliphatic heterocycles. The van der Waals surface area contributed by atoms with Gasteiger partial charge in [-0.25, -0.2) is 8.78 Å². The maximum Gasteiger partial charge on any atom is 2.00 e. The van der Waals surface area contributed by atoms with Gasteiger partial charge in [-0.1, -0.05) is 0 Å². The molecular formula is C34H34F2N6O6Pb. The summed E-state index contributed by atoms with van der Waals surface area (Å²) in [5, 5.41) is 29.1. The first-order valence-electron chi connectivity index (χ1n) is 16.2. The summed E-state index contributed by atoms with van der Waals surface area (Å²) in [5.41, 5.74) is -0.115. The van der Waals surface area contributed by atoms with Gasteiger partial charge in [0.2, 0.25) is 0 Å². The van der Waals surface area contributed by atoms with Crippen LogP contribution in [0.2, 0.25) is 0 Å². The van der Waals surface area contributed by atoms with Crippen LogP contribution in [-0.4, -0.2) is 101 Å². The molecule has 4 heterocycles. The number of carboxylic acids is 2. The van der Waals surface area contributed by atoms with Gasteiger partial charge in [0.25, 0.3) is 0 Å². The minimum absolute atomic E-state index is 0. The number of hydrogen-bond donors (Lipinski definition) is 2. The van der Waals surface area contributed by atoms with Crippen molar-refractivity contribution in [2.24, 2.45) is 0 Å². The predicted octanol–water partition coefficient (Wildman–Crippen LogP) is 0.116. The van der Waals surface area contributed by atoms with E-state index in [1.807, 2.05) is 9.80 Å². The molecule has 12 nitrogen and oxygen atoms in total. The Kier molecular flexibility index (Phi) is 10.1. The number of carboxylic acid groups (broad SMARTS) is 2. The Morgan fingerprint density at radius 1 is 0.633 bits per heavy atom. The molecule has 2 N–H and O–H groups in total. The van der Waals surface area contributed by atoms with Gasteiger partial charge in [0.1, 0.15) is 11.6 Å². The Morgan fingerprint density at radius 3 is 1.29 bits per heavy atom.